The number of imidazole rings is 1. The fourth-order valence-corrected chi connectivity index (χ4v) is 4.04. The van der Waals surface area contributed by atoms with E-state index in [-0.39, 0.29) is 5.78 Å². The Morgan fingerprint density at radius 1 is 1.13 bits per heavy atom. The Kier molecular flexibility index (Phi) is 5.27. The Hall–Kier alpha value is -3.23. The standard InChI is InChI=1S/C25H25N3OSi/c1-18(29)14-22-24-16-26-25(20-8-6-5-7-9-20)21-15-19(12-13-30(2,3)4)10-11-23(21)28(24)17-27-22/h5-11,15,17H,14,16H2,1-4H3. The smallest absolute Gasteiger partial charge is 0.135 e. The van der Waals surface area contributed by atoms with Gasteiger partial charge in [0.05, 0.1) is 42.1 Å². The van der Waals surface area contributed by atoms with E-state index in [1.165, 1.54) is 0 Å². The van der Waals surface area contributed by atoms with Gasteiger partial charge in [0.15, 0.2) is 0 Å². The van der Waals surface area contributed by atoms with Crippen molar-refractivity contribution in [2.45, 2.75) is 39.5 Å². The predicted octanol–water partition coefficient (Wildman–Crippen LogP) is 4.58. The molecule has 0 unspecified atom stereocenters. The molecule has 0 saturated carbocycles. The zero-order chi connectivity index (χ0) is 21.3. The Bertz CT molecular complexity index is 1200. The summed E-state index contributed by atoms with van der Waals surface area (Å²) >= 11 is 0. The molecule has 2 heterocycles. The number of fused-ring (bicyclic) bond motifs is 3. The van der Waals surface area contributed by atoms with Crippen LogP contribution in [0.25, 0.3) is 5.69 Å². The van der Waals surface area contributed by atoms with Crippen LogP contribution < -0.4 is 0 Å². The van der Waals surface area contributed by atoms with Gasteiger partial charge in [-0.15, -0.1) is 5.54 Å². The van der Waals surface area contributed by atoms with Crippen LogP contribution in [0, 0.1) is 11.5 Å². The number of aromatic nitrogens is 2. The SMILES string of the molecule is CC(=O)Cc1ncn2c1CN=C(c1ccccc1)c1cc(C#C[Si](C)(C)C)ccc1-2. The van der Waals surface area contributed by atoms with Crippen molar-refractivity contribution in [1.82, 2.24) is 9.55 Å². The van der Waals surface area contributed by atoms with E-state index in [9.17, 15) is 4.79 Å². The minimum Gasteiger partial charge on any atom is -0.300 e. The Morgan fingerprint density at radius 2 is 1.90 bits per heavy atom. The van der Waals surface area contributed by atoms with E-state index in [0.717, 1.165) is 39.5 Å². The Balaban J connectivity index is 1.91. The molecular weight excluding hydrogens is 386 g/mol. The van der Waals surface area contributed by atoms with Gasteiger partial charge in [-0.05, 0) is 25.1 Å². The van der Waals surface area contributed by atoms with Gasteiger partial charge in [-0.3, -0.25) is 9.79 Å². The number of hydrogen-bond acceptors (Lipinski definition) is 3. The molecule has 0 radical (unpaired) electrons. The molecule has 0 amide bonds. The highest BCUT2D eigenvalue weighted by atomic mass is 28.3. The number of aliphatic imine (C=N–C) groups is 1. The molecular formula is C25H25N3OSi. The molecule has 0 atom stereocenters. The molecule has 0 aliphatic carbocycles. The van der Waals surface area contributed by atoms with Crippen LogP contribution in [0.5, 0.6) is 0 Å². The molecule has 4 nitrogen and oxygen atoms in total. The lowest BCUT2D eigenvalue weighted by molar-refractivity contribution is -0.116. The minimum atomic E-state index is -1.47. The molecule has 0 saturated heterocycles. The molecule has 1 aromatic heterocycles. The fourth-order valence-electron chi connectivity index (χ4n) is 3.52. The van der Waals surface area contributed by atoms with E-state index in [4.69, 9.17) is 4.99 Å². The van der Waals surface area contributed by atoms with Crippen molar-refractivity contribution >= 4 is 19.6 Å². The van der Waals surface area contributed by atoms with Gasteiger partial charge in [-0.1, -0.05) is 55.9 Å². The van der Waals surface area contributed by atoms with E-state index < -0.39 is 8.07 Å². The fraction of sp³-hybridized carbons (Fsp3) is 0.240. The van der Waals surface area contributed by atoms with Crippen LogP contribution in [0.15, 0.2) is 59.9 Å². The molecule has 150 valence electrons. The van der Waals surface area contributed by atoms with Crippen LogP contribution in [-0.2, 0) is 17.8 Å². The molecule has 3 aromatic rings. The molecule has 30 heavy (non-hydrogen) atoms. The maximum Gasteiger partial charge on any atom is 0.135 e. The number of Topliss-reactive ketones (excluding diaryl/α,β-unsaturated/α-hetero) is 1. The summed E-state index contributed by atoms with van der Waals surface area (Å²) in [7, 11) is -1.47. The number of benzene rings is 2. The first-order valence-corrected chi connectivity index (χ1v) is 13.6. The van der Waals surface area contributed by atoms with Crippen molar-refractivity contribution in [3.63, 3.8) is 0 Å². The second-order valence-corrected chi connectivity index (χ2v) is 13.4. The van der Waals surface area contributed by atoms with Gasteiger partial charge in [0, 0.05) is 16.7 Å². The van der Waals surface area contributed by atoms with E-state index in [1.807, 2.05) is 24.5 Å². The zero-order valence-electron chi connectivity index (χ0n) is 17.9. The highest BCUT2D eigenvalue weighted by Gasteiger charge is 2.22. The van der Waals surface area contributed by atoms with Gasteiger partial charge in [-0.2, -0.15) is 0 Å². The van der Waals surface area contributed by atoms with E-state index in [1.54, 1.807) is 6.92 Å². The van der Waals surface area contributed by atoms with Crippen molar-refractivity contribution in [1.29, 1.82) is 0 Å². The summed E-state index contributed by atoms with van der Waals surface area (Å²) in [6, 6.07) is 16.5. The molecule has 1 aliphatic heterocycles. The third-order valence-electron chi connectivity index (χ3n) is 4.90. The van der Waals surface area contributed by atoms with Crippen LogP contribution in [0.3, 0.4) is 0 Å². The largest absolute Gasteiger partial charge is 0.300 e. The lowest BCUT2D eigenvalue weighted by atomic mass is 9.98. The number of ketones is 1. The van der Waals surface area contributed by atoms with Crippen LogP contribution in [0.2, 0.25) is 19.6 Å². The number of carbonyl (C=O) groups excluding carboxylic acids is 1. The molecule has 0 N–H and O–H groups in total. The normalized spacial score (nSPS) is 12.7. The summed E-state index contributed by atoms with van der Waals surface area (Å²) < 4.78 is 2.07. The summed E-state index contributed by atoms with van der Waals surface area (Å²) in [4.78, 5) is 21.2. The Morgan fingerprint density at radius 3 is 2.60 bits per heavy atom. The second-order valence-electron chi connectivity index (χ2n) is 8.65. The van der Waals surface area contributed by atoms with Gasteiger partial charge >= 0.3 is 0 Å². The third-order valence-corrected chi connectivity index (χ3v) is 5.77. The molecule has 0 fully saturated rings. The average Bonchev–Trinajstić information content (AvgIpc) is 3.00. The first-order valence-electron chi connectivity index (χ1n) is 10.1. The van der Waals surface area contributed by atoms with Gasteiger partial charge in [0.2, 0.25) is 0 Å². The summed E-state index contributed by atoms with van der Waals surface area (Å²) in [5, 5.41) is 0. The molecule has 1 aliphatic rings. The lowest BCUT2D eigenvalue weighted by Crippen LogP contribution is -2.16. The van der Waals surface area contributed by atoms with Crippen molar-refractivity contribution in [2.24, 2.45) is 4.99 Å². The maximum atomic E-state index is 11.7. The van der Waals surface area contributed by atoms with Crippen LogP contribution in [0.1, 0.15) is 35.0 Å². The molecule has 2 aromatic carbocycles. The third kappa shape index (κ3) is 4.19. The minimum absolute atomic E-state index is 0.102. The van der Waals surface area contributed by atoms with Gasteiger partial charge < -0.3 is 4.57 Å². The first kappa shape index (κ1) is 20.1. The molecule has 5 heteroatoms. The van der Waals surface area contributed by atoms with Crippen LogP contribution >= 0.6 is 0 Å². The van der Waals surface area contributed by atoms with Crippen molar-refractivity contribution in [3.8, 4) is 17.2 Å². The monoisotopic (exact) mass is 411 g/mol. The molecule has 0 spiro atoms. The number of carbonyl (C=O) groups is 1. The highest BCUT2D eigenvalue weighted by molar-refractivity contribution is 6.83. The van der Waals surface area contributed by atoms with Crippen molar-refractivity contribution in [3.05, 3.63) is 82.9 Å². The van der Waals surface area contributed by atoms with Gasteiger partial charge in [-0.25, -0.2) is 4.98 Å². The quantitative estimate of drug-likeness (QED) is 0.468. The summed E-state index contributed by atoms with van der Waals surface area (Å²) in [6.45, 7) is 8.81. The predicted molar refractivity (Wildman–Crippen MR) is 124 cm³/mol. The molecule has 0 bridgehead atoms. The Labute approximate surface area is 178 Å². The molecule has 4 rings (SSSR count). The van der Waals surface area contributed by atoms with E-state index in [0.29, 0.717) is 13.0 Å². The van der Waals surface area contributed by atoms with Crippen LogP contribution in [-0.4, -0.2) is 29.1 Å². The lowest BCUT2D eigenvalue weighted by Gasteiger charge is -2.13. The van der Waals surface area contributed by atoms with Crippen LogP contribution in [0.4, 0.5) is 0 Å². The maximum absolute atomic E-state index is 11.7. The van der Waals surface area contributed by atoms with Gasteiger partial charge in [0.1, 0.15) is 13.9 Å². The highest BCUT2D eigenvalue weighted by Crippen LogP contribution is 2.27. The zero-order valence-corrected chi connectivity index (χ0v) is 18.9. The van der Waals surface area contributed by atoms with Gasteiger partial charge in [0.25, 0.3) is 0 Å². The van der Waals surface area contributed by atoms with E-state index in [2.05, 4.69) is 71.0 Å². The summed E-state index contributed by atoms with van der Waals surface area (Å²) in [6.07, 6.45) is 2.14. The van der Waals surface area contributed by atoms with Crippen molar-refractivity contribution in [2.75, 3.05) is 0 Å². The summed E-state index contributed by atoms with van der Waals surface area (Å²) in [5.74, 6) is 3.47. The number of nitrogens with zero attached hydrogens (tertiary/aromatic N) is 3. The van der Waals surface area contributed by atoms with E-state index >= 15 is 0 Å². The number of rotatable bonds is 3. The summed E-state index contributed by atoms with van der Waals surface area (Å²) in [5.41, 5.74) is 10.3. The first-order chi connectivity index (χ1) is 14.3. The average molecular weight is 412 g/mol. The van der Waals surface area contributed by atoms with Crippen molar-refractivity contribution < 1.29 is 4.79 Å². The topological polar surface area (TPSA) is 47.2 Å². The second kappa shape index (κ2) is 7.89. The number of hydrogen-bond donors (Lipinski definition) is 0.